The third kappa shape index (κ3) is 4.60. The largest absolute Gasteiger partial charge is 0.347 e. The van der Waals surface area contributed by atoms with Crippen molar-refractivity contribution in [3.8, 4) is 0 Å². The van der Waals surface area contributed by atoms with Crippen molar-refractivity contribution in [2.45, 2.75) is 13.5 Å². The highest BCUT2D eigenvalue weighted by Gasteiger charge is 2.08. The van der Waals surface area contributed by atoms with E-state index < -0.39 is 0 Å². The van der Waals surface area contributed by atoms with Crippen LogP contribution in [0.3, 0.4) is 0 Å². The van der Waals surface area contributed by atoms with Crippen LogP contribution < -0.4 is 10.6 Å². The first-order valence-electron chi connectivity index (χ1n) is 7.66. The van der Waals surface area contributed by atoms with Crippen molar-refractivity contribution < 1.29 is 4.79 Å². The minimum absolute atomic E-state index is 0.268. The molecule has 0 saturated carbocycles. The molecule has 0 fully saturated rings. The summed E-state index contributed by atoms with van der Waals surface area (Å²) < 4.78 is 1.05. The number of pyridine rings is 1. The van der Waals surface area contributed by atoms with Crippen LogP contribution >= 0.6 is 15.9 Å². The number of amides is 1. The normalized spacial score (nSPS) is 10.3. The molecule has 0 radical (unpaired) electrons. The van der Waals surface area contributed by atoms with E-state index in [0.717, 1.165) is 21.3 Å². The minimum Gasteiger partial charge on any atom is -0.347 e. The Morgan fingerprint density at radius 1 is 1.08 bits per heavy atom. The molecule has 0 spiro atoms. The first-order valence-corrected chi connectivity index (χ1v) is 8.45. The lowest BCUT2D eigenvalue weighted by molar-refractivity contribution is 0.0945. The van der Waals surface area contributed by atoms with Gasteiger partial charge in [-0.2, -0.15) is 0 Å². The van der Waals surface area contributed by atoms with E-state index in [1.807, 2.05) is 37.3 Å². The van der Waals surface area contributed by atoms with Gasteiger partial charge in [0.15, 0.2) is 11.5 Å². The van der Waals surface area contributed by atoms with E-state index in [1.54, 1.807) is 24.5 Å². The van der Waals surface area contributed by atoms with E-state index in [1.165, 1.54) is 0 Å². The molecule has 3 rings (SSSR count). The van der Waals surface area contributed by atoms with Crippen molar-refractivity contribution in [2.75, 3.05) is 5.32 Å². The third-order valence-electron chi connectivity index (χ3n) is 3.53. The molecule has 1 aromatic carbocycles. The van der Waals surface area contributed by atoms with Crippen LogP contribution in [0.5, 0.6) is 0 Å². The van der Waals surface area contributed by atoms with Gasteiger partial charge < -0.3 is 10.6 Å². The Morgan fingerprint density at radius 2 is 1.88 bits per heavy atom. The molecule has 3 aromatic rings. The Labute approximate surface area is 153 Å². The van der Waals surface area contributed by atoms with Crippen LogP contribution in [0.25, 0.3) is 0 Å². The molecule has 2 heterocycles. The smallest absolute Gasteiger partial charge is 0.272 e. The summed E-state index contributed by atoms with van der Waals surface area (Å²) in [6, 6.07) is 13.0. The average Bonchev–Trinajstić information content (AvgIpc) is 2.64. The van der Waals surface area contributed by atoms with Crippen LogP contribution in [0, 0.1) is 6.92 Å². The fourth-order valence-electron chi connectivity index (χ4n) is 2.16. The van der Waals surface area contributed by atoms with Gasteiger partial charge in [-0.25, -0.2) is 0 Å². The van der Waals surface area contributed by atoms with Crippen LogP contribution in [-0.4, -0.2) is 21.1 Å². The molecule has 1 amide bonds. The lowest BCUT2D eigenvalue weighted by Gasteiger charge is -2.08. The third-order valence-corrected chi connectivity index (χ3v) is 4.42. The number of carbonyl (C=O) groups excluding carboxylic acids is 1. The van der Waals surface area contributed by atoms with Gasteiger partial charge in [-0.1, -0.05) is 15.9 Å². The number of aromatic nitrogens is 3. The molecule has 0 aliphatic rings. The van der Waals surface area contributed by atoms with E-state index >= 15 is 0 Å². The number of rotatable bonds is 5. The molecule has 6 nitrogen and oxygen atoms in total. The number of halogens is 1. The van der Waals surface area contributed by atoms with E-state index in [0.29, 0.717) is 12.4 Å². The fourth-order valence-corrected chi connectivity index (χ4v) is 2.41. The van der Waals surface area contributed by atoms with Crippen molar-refractivity contribution in [3.63, 3.8) is 0 Å². The predicted molar refractivity (Wildman–Crippen MR) is 99.6 cm³/mol. The van der Waals surface area contributed by atoms with Crippen LogP contribution in [0.1, 0.15) is 21.6 Å². The quantitative estimate of drug-likeness (QED) is 0.687. The number of aryl methyl sites for hydroxylation is 1. The molecule has 0 aliphatic heterocycles. The summed E-state index contributed by atoms with van der Waals surface area (Å²) in [7, 11) is 0. The van der Waals surface area contributed by atoms with Gasteiger partial charge in [0.05, 0.1) is 0 Å². The Morgan fingerprint density at radius 3 is 2.56 bits per heavy atom. The molecule has 0 saturated heterocycles. The van der Waals surface area contributed by atoms with Gasteiger partial charge in [-0.3, -0.25) is 9.78 Å². The molecule has 126 valence electrons. The van der Waals surface area contributed by atoms with E-state index in [2.05, 4.69) is 41.7 Å². The summed E-state index contributed by atoms with van der Waals surface area (Å²) in [5.41, 5.74) is 3.27. The van der Waals surface area contributed by atoms with Crippen molar-refractivity contribution in [1.29, 1.82) is 0 Å². The molecular formula is C18H16BrN5O. The van der Waals surface area contributed by atoms with Gasteiger partial charge in [-0.15, -0.1) is 10.2 Å². The zero-order valence-corrected chi connectivity index (χ0v) is 15.1. The molecule has 7 heteroatoms. The second-order valence-corrected chi connectivity index (χ2v) is 6.29. The van der Waals surface area contributed by atoms with Crippen LogP contribution in [0.4, 0.5) is 11.5 Å². The van der Waals surface area contributed by atoms with Crippen molar-refractivity contribution in [2.24, 2.45) is 0 Å². The van der Waals surface area contributed by atoms with Gasteiger partial charge in [0.25, 0.3) is 5.91 Å². The number of anilines is 2. The lowest BCUT2D eigenvalue weighted by atomic mass is 10.2. The fraction of sp³-hybridized carbons (Fsp3) is 0.111. The van der Waals surface area contributed by atoms with Gasteiger partial charge in [-0.05, 0) is 60.5 Å². The standard InChI is InChI=1S/C18H16BrN5O/c1-12-10-14(2-3-15(12)19)22-17-5-4-16(23-24-17)18(25)21-11-13-6-8-20-9-7-13/h2-10H,11H2,1H3,(H,21,25)(H,22,24). The average molecular weight is 398 g/mol. The zero-order valence-electron chi connectivity index (χ0n) is 13.5. The van der Waals surface area contributed by atoms with Crippen molar-refractivity contribution in [3.05, 3.63) is 76.2 Å². The zero-order chi connectivity index (χ0) is 17.6. The maximum Gasteiger partial charge on any atom is 0.272 e. The maximum absolute atomic E-state index is 12.1. The minimum atomic E-state index is -0.268. The Kier molecular flexibility index (Phi) is 5.35. The molecule has 2 N–H and O–H groups in total. The predicted octanol–water partition coefficient (Wildman–Crippen LogP) is 3.62. The number of carbonyl (C=O) groups is 1. The Bertz CT molecular complexity index is 868. The molecular weight excluding hydrogens is 382 g/mol. The second-order valence-electron chi connectivity index (χ2n) is 5.43. The van der Waals surface area contributed by atoms with E-state index in [4.69, 9.17) is 0 Å². The highest BCUT2D eigenvalue weighted by molar-refractivity contribution is 9.10. The molecule has 2 aromatic heterocycles. The van der Waals surface area contributed by atoms with Gasteiger partial charge in [0, 0.05) is 29.1 Å². The summed E-state index contributed by atoms with van der Waals surface area (Å²) in [4.78, 5) is 16.1. The van der Waals surface area contributed by atoms with Gasteiger partial charge in [0.2, 0.25) is 0 Å². The Hall–Kier alpha value is -2.80. The molecule has 25 heavy (non-hydrogen) atoms. The molecule has 0 aliphatic carbocycles. The summed E-state index contributed by atoms with van der Waals surface area (Å²) in [6.45, 7) is 2.43. The number of hydrogen-bond acceptors (Lipinski definition) is 5. The molecule has 0 unspecified atom stereocenters. The number of hydrogen-bond donors (Lipinski definition) is 2. The second kappa shape index (κ2) is 7.85. The van der Waals surface area contributed by atoms with Crippen LogP contribution in [0.15, 0.2) is 59.3 Å². The van der Waals surface area contributed by atoms with Crippen LogP contribution in [0.2, 0.25) is 0 Å². The SMILES string of the molecule is Cc1cc(Nc2ccc(C(=O)NCc3ccncc3)nn2)ccc1Br. The number of nitrogens with one attached hydrogen (secondary N) is 2. The number of nitrogens with zero attached hydrogens (tertiary/aromatic N) is 3. The van der Waals surface area contributed by atoms with Crippen molar-refractivity contribution >= 4 is 33.3 Å². The molecule has 0 atom stereocenters. The summed E-state index contributed by atoms with van der Waals surface area (Å²) in [5.74, 6) is 0.308. The first kappa shape index (κ1) is 17.0. The highest BCUT2D eigenvalue weighted by atomic mass is 79.9. The topological polar surface area (TPSA) is 79.8 Å². The highest BCUT2D eigenvalue weighted by Crippen LogP contribution is 2.22. The van der Waals surface area contributed by atoms with Gasteiger partial charge >= 0.3 is 0 Å². The van der Waals surface area contributed by atoms with Crippen molar-refractivity contribution in [1.82, 2.24) is 20.5 Å². The lowest BCUT2D eigenvalue weighted by Crippen LogP contribution is -2.24. The summed E-state index contributed by atoms with van der Waals surface area (Å²) in [6.07, 6.45) is 3.37. The Balaban J connectivity index is 1.61. The monoisotopic (exact) mass is 397 g/mol. The number of benzene rings is 1. The summed E-state index contributed by atoms with van der Waals surface area (Å²) >= 11 is 3.47. The molecule has 0 bridgehead atoms. The maximum atomic E-state index is 12.1. The van der Waals surface area contributed by atoms with Gasteiger partial charge in [0.1, 0.15) is 0 Å². The van der Waals surface area contributed by atoms with E-state index in [-0.39, 0.29) is 11.6 Å². The van der Waals surface area contributed by atoms with Crippen LogP contribution in [-0.2, 0) is 6.54 Å². The first-order chi connectivity index (χ1) is 12.1. The summed E-state index contributed by atoms with van der Waals surface area (Å²) in [5, 5.41) is 14.0. The van der Waals surface area contributed by atoms with E-state index in [9.17, 15) is 4.79 Å².